The monoisotopic (exact) mass is 377 g/mol. The Hall–Kier alpha value is -1.77. The van der Waals surface area contributed by atoms with Crippen molar-refractivity contribution in [2.75, 3.05) is 18.4 Å². The fourth-order valence-electron chi connectivity index (χ4n) is 3.31. The van der Waals surface area contributed by atoms with Crippen LogP contribution in [-0.2, 0) is 22.6 Å². The van der Waals surface area contributed by atoms with Crippen molar-refractivity contribution in [3.63, 3.8) is 0 Å². The van der Waals surface area contributed by atoms with E-state index in [1.807, 2.05) is 18.5 Å². The Kier molecular flexibility index (Phi) is 6.39. The van der Waals surface area contributed by atoms with E-state index in [9.17, 15) is 4.79 Å². The Morgan fingerprint density at radius 1 is 1.38 bits per heavy atom. The van der Waals surface area contributed by atoms with Gasteiger partial charge in [0.25, 0.3) is 0 Å². The first kappa shape index (κ1) is 19.0. The zero-order chi connectivity index (χ0) is 18.5. The first-order chi connectivity index (χ1) is 12.5. The first-order valence-electron chi connectivity index (χ1n) is 9.09. The van der Waals surface area contributed by atoms with Crippen molar-refractivity contribution >= 4 is 22.4 Å². The molecule has 0 spiro atoms. The second-order valence-corrected chi connectivity index (χ2v) is 7.77. The standard InChI is InChI=1S/C18H27N5O2S/c1-13-9-22(10-14(2)25-13)11-16-12-26-18(20-16)21-17(24)5-4-7-23-8-6-19-15(23)3/h6,8,12-14H,4-5,7,9-11H2,1-3H3,(H,20,21,24)/t13-,14-/m1/s1. The summed E-state index contributed by atoms with van der Waals surface area (Å²) in [7, 11) is 0. The lowest BCUT2D eigenvalue weighted by molar-refractivity contribution is -0.116. The lowest BCUT2D eigenvalue weighted by Crippen LogP contribution is -2.44. The molecular formula is C18H27N5O2S. The number of carbonyl (C=O) groups excluding carboxylic acids is 1. The summed E-state index contributed by atoms with van der Waals surface area (Å²) in [4.78, 5) is 23.2. The zero-order valence-corrected chi connectivity index (χ0v) is 16.5. The average Bonchev–Trinajstić information content (AvgIpc) is 3.16. The van der Waals surface area contributed by atoms with Gasteiger partial charge in [-0.05, 0) is 27.2 Å². The Bertz CT molecular complexity index is 719. The molecular weight excluding hydrogens is 350 g/mol. The van der Waals surface area contributed by atoms with E-state index >= 15 is 0 Å². The average molecular weight is 378 g/mol. The highest BCUT2D eigenvalue weighted by atomic mass is 32.1. The van der Waals surface area contributed by atoms with Crippen molar-refractivity contribution < 1.29 is 9.53 Å². The van der Waals surface area contributed by atoms with E-state index in [4.69, 9.17) is 4.74 Å². The summed E-state index contributed by atoms with van der Waals surface area (Å²) in [5, 5.41) is 5.61. The third kappa shape index (κ3) is 5.36. The molecule has 1 N–H and O–H groups in total. The molecule has 1 aliphatic heterocycles. The van der Waals surface area contributed by atoms with Crippen molar-refractivity contribution in [2.45, 2.75) is 58.9 Å². The number of hydrogen-bond acceptors (Lipinski definition) is 6. The first-order valence-corrected chi connectivity index (χ1v) is 9.97. The molecule has 1 fully saturated rings. The van der Waals surface area contributed by atoms with Gasteiger partial charge in [-0.2, -0.15) is 0 Å². The van der Waals surface area contributed by atoms with Gasteiger partial charge in [-0.1, -0.05) is 0 Å². The lowest BCUT2D eigenvalue weighted by atomic mass is 10.2. The van der Waals surface area contributed by atoms with Gasteiger partial charge in [0, 0.05) is 50.4 Å². The van der Waals surface area contributed by atoms with Crippen molar-refractivity contribution in [2.24, 2.45) is 0 Å². The van der Waals surface area contributed by atoms with Crippen LogP contribution in [0, 0.1) is 6.92 Å². The van der Waals surface area contributed by atoms with Gasteiger partial charge < -0.3 is 14.6 Å². The molecule has 0 aliphatic carbocycles. The molecule has 1 amide bonds. The van der Waals surface area contributed by atoms with Gasteiger partial charge in [0.15, 0.2) is 5.13 Å². The molecule has 0 bridgehead atoms. The maximum absolute atomic E-state index is 12.1. The number of ether oxygens (including phenoxy) is 1. The van der Waals surface area contributed by atoms with Gasteiger partial charge in [-0.25, -0.2) is 9.97 Å². The molecule has 26 heavy (non-hydrogen) atoms. The maximum atomic E-state index is 12.1. The number of imidazole rings is 1. The third-order valence-electron chi connectivity index (χ3n) is 4.41. The lowest BCUT2D eigenvalue weighted by Gasteiger charge is -2.34. The molecule has 0 saturated carbocycles. The predicted octanol–water partition coefficient (Wildman–Crippen LogP) is 2.68. The highest BCUT2D eigenvalue weighted by Gasteiger charge is 2.22. The molecule has 1 saturated heterocycles. The molecule has 142 valence electrons. The van der Waals surface area contributed by atoms with Crippen molar-refractivity contribution in [1.29, 1.82) is 0 Å². The number of amides is 1. The maximum Gasteiger partial charge on any atom is 0.226 e. The summed E-state index contributed by atoms with van der Waals surface area (Å²) in [6.07, 6.45) is 5.47. The van der Waals surface area contributed by atoms with E-state index in [0.29, 0.717) is 11.6 Å². The van der Waals surface area contributed by atoms with Crippen LogP contribution in [0.25, 0.3) is 0 Å². The molecule has 3 rings (SSSR count). The molecule has 2 aromatic heterocycles. The fraction of sp³-hybridized carbons (Fsp3) is 0.611. The van der Waals surface area contributed by atoms with E-state index in [1.165, 1.54) is 11.3 Å². The Balaban J connectivity index is 1.42. The topological polar surface area (TPSA) is 72.3 Å². The van der Waals surface area contributed by atoms with Crippen LogP contribution in [0.1, 0.15) is 38.2 Å². The molecule has 2 aromatic rings. The number of nitrogens with zero attached hydrogens (tertiary/aromatic N) is 4. The molecule has 1 aliphatic rings. The van der Waals surface area contributed by atoms with Crippen LogP contribution in [0.4, 0.5) is 5.13 Å². The molecule has 2 atom stereocenters. The highest BCUT2D eigenvalue weighted by molar-refractivity contribution is 7.13. The number of carbonyl (C=O) groups is 1. The zero-order valence-electron chi connectivity index (χ0n) is 15.6. The highest BCUT2D eigenvalue weighted by Crippen LogP contribution is 2.19. The number of hydrogen-bond donors (Lipinski definition) is 1. The molecule has 0 radical (unpaired) electrons. The molecule has 0 unspecified atom stereocenters. The fourth-order valence-corrected chi connectivity index (χ4v) is 4.03. The second kappa shape index (κ2) is 8.75. The smallest absolute Gasteiger partial charge is 0.226 e. The number of thiazole rings is 1. The van der Waals surface area contributed by atoms with E-state index in [2.05, 4.69) is 38.6 Å². The Morgan fingerprint density at radius 2 is 2.15 bits per heavy atom. The van der Waals surface area contributed by atoms with E-state index in [0.717, 1.165) is 44.1 Å². The second-order valence-electron chi connectivity index (χ2n) is 6.91. The minimum atomic E-state index is 0.0114. The Morgan fingerprint density at radius 3 is 2.85 bits per heavy atom. The number of morpholine rings is 1. The SMILES string of the molecule is Cc1nccn1CCCC(=O)Nc1nc(CN2C[C@@H](C)O[C@H](C)C2)cs1. The summed E-state index contributed by atoms with van der Waals surface area (Å²) >= 11 is 1.49. The van der Waals surface area contributed by atoms with Crippen LogP contribution in [0.15, 0.2) is 17.8 Å². The van der Waals surface area contributed by atoms with Gasteiger partial charge in [0.2, 0.25) is 5.91 Å². The largest absolute Gasteiger partial charge is 0.373 e. The van der Waals surface area contributed by atoms with Crippen LogP contribution < -0.4 is 5.32 Å². The quantitative estimate of drug-likeness (QED) is 0.803. The molecule has 0 aromatic carbocycles. The number of aromatic nitrogens is 3. The van der Waals surface area contributed by atoms with Crippen molar-refractivity contribution in [3.05, 3.63) is 29.3 Å². The van der Waals surface area contributed by atoms with Gasteiger partial charge in [0.1, 0.15) is 5.82 Å². The number of rotatable bonds is 7. The normalized spacial score (nSPS) is 21.0. The predicted molar refractivity (Wildman–Crippen MR) is 102 cm³/mol. The van der Waals surface area contributed by atoms with E-state index < -0.39 is 0 Å². The number of nitrogens with one attached hydrogen (secondary N) is 1. The van der Waals surface area contributed by atoms with Crippen LogP contribution >= 0.6 is 11.3 Å². The van der Waals surface area contributed by atoms with E-state index in [-0.39, 0.29) is 18.1 Å². The van der Waals surface area contributed by atoms with Crippen LogP contribution in [0.2, 0.25) is 0 Å². The number of aryl methyl sites for hydroxylation is 2. The Labute approximate surface area is 158 Å². The summed E-state index contributed by atoms with van der Waals surface area (Å²) in [5.41, 5.74) is 1.00. The number of anilines is 1. The van der Waals surface area contributed by atoms with E-state index in [1.54, 1.807) is 6.20 Å². The van der Waals surface area contributed by atoms with Gasteiger partial charge >= 0.3 is 0 Å². The van der Waals surface area contributed by atoms with Gasteiger partial charge in [-0.3, -0.25) is 9.69 Å². The summed E-state index contributed by atoms with van der Waals surface area (Å²) in [6, 6.07) is 0. The van der Waals surface area contributed by atoms with Crippen LogP contribution in [0.5, 0.6) is 0 Å². The molecule has 7 nitrogen and oxygen atoms in total. The summed E-state index contributed by atoms with van der Waals surface area (Å²) in [6.45, 7) is 9.59. The molecule has 3 heterocycles. The summed E-state index contributed by atoms with van der Waals surface area (Å²) in [5.74, 6) is 0.985. The van der Waals surface area contributed by atoms with Gasteiger partial charge in [-0.15, -0.1) is 11.3 Å². The minimum absolute atomic E-state index is 0.0114. The van der Waals surface area contributed by atoms with Crippen molar-refractivity contribution in [3.8, 4) is 0 Å². The third-order valence-corrected chi connectivity index (χ3v) is 5.21. The minimum Gasteiger partial charge on any atom is -0.373 e. The molecule has 8 heteroatoms. The summed E-state index contributed by atoms with van der Waals surface area (Å²) < 4.78 is 7.82. The van der Waals surface area contributed by atoms with Gasteiger partial charge in [0.05, 0.1) is 17.9 Å². The van der Waals surface area contributed by atoms with Crippen LogP contribution in [0.3, 0.4) is 0 Å². The van der Waals surface area contributed by atoms with Crippen molar-refractivity contribution in [1.82, 2.24) is 19.4 Å². The van der Waals surface area contributed by atoms with Crippen LogP contribution in [-0.4, -0.2) is 50.6 Å².